The molecule has 0 fully saturated rings. The van der Waals surface area contributed by atoms with Crippen LogP contribution in [0.5, 0.6) is 0 Å². The Morgan fingerprint density at radius 3 is 1.96 bits per heavy atom. The molecule has 1 amide bonds. The largest absolute Gasteiger partial charge is 0.419 e. The summed E-state index contributed by atoms with van der Waals surface area (Å²) in [7, 11) is 0.577. The van der Waals surface area contributed by atoms with Gasteiger partial charge in [-0.3, -0.25) is 10.1 Å². The number of benzene rings is 2. The van der Waals surface area contributed by atoms with E-state index in [1.807, 2.05) is 0 Å². The number of hydrogen-bond acceptors (Lipinski definition) is 2. The van der Waals surface area contributed by atoms with Gasteiger partial charge in [0.15, 0.2) is 0 Å². The monoisotopic (exact) mass is 364 g/mol. The molecule has 0 saturated carbocycles. The molecule has 9 heteroatoms. The van der Waals surface area contributed by atoms with E-state index in [0.29, 0.717) is 12.4 Å². The fraction of sp³-hybridized carbons (Fsp3) is 0.312. The average Bonchev–Trinajstić information content (AvgIpc) is 2.47. The number of carbonyl (C=O) groups is 1. The van der Waals surface area contributed by atoms with Gasteiger partial charge in [-0.2, -0.15) is 26.3 Å². The summed E-state index contributed by atoms with van der Waals surface area (Å²) < 4.78 is 81.5. The summed E-state index contributed by atoms with van der Waals surface area (Å²) in [4.78, 5) is 11.4. The maximum absolute atomic E-state index is 13.6. The van der Waals surface area contributed by atoms with Crippen LogP contribution in [0.3, 0.4) is 0 Å². The molecule has 0 atom stereocenters. The lowest BCUT2D eigenvalue weighted by atomic mass is 9.85. The van der Waals surface area contributed by atoms with E-state index in [4.69, 9.17) is 0 Å². The zero-order valence-electron chi connectivity index (χ0n) is 13.1. The van der Waals surface area contributed by atoms with Gasteiger partial charge in [-0.15, -0.1) is 0 Å². The van der Waals surface area contributed by atoms with Crippen molar-refractivity contribution in [3.8, 4) is 0 Å². The van der Waals surface area contributed by atoms with Crippen LogP contribution in [-0.4, -0.2) is 25.3 Å². The molecule has 0 aliphatic carbocycles. The highest BCUT2D eigenvalue weighted by molar-refractivity contribution is 6.03. The van der Waals surface area contributed by atoms with E-state index in [9.17, 15) is 31.1 Å². The van der Waals surface area contributed by atoms with Gasteiger partial charge < -0.3 is 5.32 Å². The number of rotatable bonds is 3. The van der Waals surface area contributed by atoms with Gasteiger partial charge >= 0.3 is 12.4 Å². The Kier molecular flexibility index (Phi) is 4.73. The predicted molar refractivity (Wildman–Crippen MR) is 81.1 cm³/mol. The third-order valence-electron chi connectivity index (χ3n) is 3.86. The number of nitrogens with one attached hydrogen (secondary N) is 2. The molecule has 0 aliphatic rings. The van der Waals surface area contributed by atoms with Crippen LogP contribution in [-0.2, 0) is 10.3 Å². The van der Waals surface area contributed by atoms with Crippen LogP contribution >= 0.6 is 0 Å². The fourth-order valence-electron chi connectivity index (χ4n) is 2.78. The molecule has 2 rings (SSSR count). The molecule has 0 aromatic heterocycles. The average molecular weight is 364 g/mol. The Balaban J connectivity index is 2.96. The first-order chi connectivity index (χ1) is 11.5. The normalized spacial score (nSPS) is 13.1. The second kappa shape index (κ2) is 6.21. The third kappa shape index (κ3) is 3.04. The van der Waals surface area contributed by atoms with E-state index in [2.05, 4.69) is 5.32 Å². The summed E-state index contributed by atoms with van der Waals surface area (Å²) >= 11 is 0. The molecule has 2 aromatic carbocycles. The minimum atomic E-state index is -5.70. The van der Waals surface area contributed by atoms with Crippen LogP contribution < -0.4 is 10.6 Å². The quantitative estimate of drug-likeness (QED) is 0.796. The van der Waals surface area contributed by atoms with E-state index in [0.717, 1.165) is 19.1 Å². The van der Waals surface area contributed by atoms with Crippen LogP contribution in [0.2, 0.25) is 0 Å². The van der Waals surface area contributed by atoms with E-state index < -0.39 is 35.0 Å². The van der Waals surface area contributed by atoms with Crippen molar-refractivity contribution in [3.05, 3.63) is 42.0 Å². The van der Waals surface area contributed by atoms with Crippen molar-refractivity contribution in [2.75, 3.05) is 12.4 Å². The highest BCUT2D eigenvalue weighted by Gasteiger charge is 2.72. The van der Waals surface area contributed by atoms with Gasteiger partial charge in [0.2, 0.25) is 11.4 Å². The summed E-state index contributed by atoms with van der Waals surface area (Å²) in [5.41, 5.74) is -5.99. The molecule has 0 spiro atoms. The summed E-state index contributed by atoms with van der Waals surface area (Å²) in [6.45, 7) is 1.01. The Morgan fingerprint density at radius 1 is 0.920 bits per heavy atom. The van der Waals surface area contributed by atoms with Gasteiger partial charge in [-0.05, 0) is 12.4 Å². The van der Waals surface area contributed by atoms with Crippen molar-refractivity contribution in [2.45, 2.75) is 24.8 Å². The van der Waals surface area contributed by atoms with Gasteiger partial charge in [0.1, 0.15) is 0 Å². The SMILES string of the molecule is CNC(c1ccc2ccccc2c1NC(C)=O)(C(F)(F)F)C(F)(F)F. The van der Waals surface area contributed by atoms with Gasteiger partial charge in [-0.1, -0.05) is 36.4 Å². The molecule has 0 heterocycles. The van der Waals surface area contributed by atoms with Gasteiger partial charge in [-0.25, -0.2) is 0 Å². The van der Waals surface area contributed by atoms with E-state index in [-0.39, 0.29) is 5.39 Å². The maximum Gasteiger partial charge on any atom is 0.419 e. The molecule has 0 bridgehead atoms. The van der Waals surface area contributed by atoms with Gasteiger partial charge in [0.25, 0.3) is 0 Å². The Hall–Kier alpha value is -2.29. The summed E-state index contributed by atoms with van der Waals surface area (Å²) in [6.07, 6.45) is -11.4. The molecule has 2 N–H and O–H groups in total. The molecule has 3 nitrogen and oxygen atoms in total. The molecular formula is C16H14F6N2O. The number of anilines is 1. The fourth-order valence-corrected chi connectivity index (χ4v) is 2.78. The maximum atomic E-state index is 13.6. The lowest BCUT2D eigenvalue weighted by Crippen LogP contribution is -2.62. The third-order valence-corrected chi connectivity index (χ3v) is 3.86. The second-order valence-electron chi connectivity index (χ2n) is 5.39. The highest BCUT2D eigenvalue weighted by atomic mass is 19.4. The molecule has 0 radical (unpaired) electrons. The predicted octanol–water partition coefficient (Wildman–Crippen LogP) is 4.34. The minimum Gasteiger partial charge on any atom is -0.325 e. The van der Waals surface area contributed by atoms with Crippen molar-refractivity contribution in [2.24, 2.45) is 0 Å². The number of hydrogen-bond donors (Lipinski definition) is 2. The van der Waals surface area contributed by atoms with E-state index in [1.54, 1.807) is 6.07 Å². The standard InChI is InChI=1S/C16H14F6N2O/c1-9(25)24-13-11-6-4-3-5-10(11)7-8-12(13)14(23-2,15(17,18)19)16(20,21)22/h3-8,23H,1-2H3,(H,24,25). The van der Waals surface area contributed by atoms with Crippen molar-refractivity contribution < 1.29 is 31.1 Å². The summed E-state index contributed by atoms with van der Waals surface area (Å²) in [5, 5.41) is 3.98. The zero-order chi connectivity index (χ0) is 19.0. The Morgan fingerprint density at radius 2 is 1.48 bits per heavy atom. The topological polar surface area (TPSA) is 41.1 Å². The van der Waals surface area contributed by atoms with Crippen molar-refractivity contribution in [3.63, 3.8) is 0 Å². The molecular weight excluding hydrogens is 350 g/mol. The number of halogens is 6. The number of alkyl halides is 6. The number of carbonyl (C=O) groups excluding carboxylic acids is 1. The van der Waals surface area contributed by atoms with Crippen molar-refractivity contribution in [1.82, 2.24) is 5.32 Å². The zero-order valence-corrected chi connectivity index (χ0v) is 13.1. The van der Waals surface area contributed by atoms with Crippen LogP contribution in [0.4, 0.5) is 32.0 Å². The van der Waals surface area contributed by atoms with Crippen LogP contribution in [0.25, 0.3) is 10.8 Å². The van der Waals surface area contributed by atoms with Gasteiger partial charge in [0.05, 0.1) is 5.69 Å². The molecule has 136 valence electrons. The van der Waals surface area contributed by atoms with Crippen molar-refractivity contribution in [1.29, 1.82) is 0 Å². The summed E-state index contributed by atoms with van der Waals surface area (Å²) in [5.74, 6) is -0.785. The number of fused-ring (bicyclic) bond motifs is 1. The highest BCUT2D eigenvalue weighted by Crippen LogP contribution is 2.52. The molecule has 25 heavy (non-hydrogen) atoms. The Labute approximate surface area is 139 Å². The molecule has 0 saturated heterocycles. The molecule has 2 aromatic rings. The first-order valence-electron chi connectivity index (χ1n) is 7.08. The second-order valence-corrected chi connectivity index (χ2v) is 5.39. The lowest BCUT2D eigenvalue weighted by molar-refractivity contribution is -0.312. The van der Waals surface area contributed by atoms with Crippen LogP contribution in [0, 0.1) is 0 Å². The first-order valence-corrected chi connectivity index (χ1v) is 7.08. The van der Waals surface area contributed by atoms with Crippen LogP contribution in [0.15, 0.2) is 36.4 Å². The van der Waals surface area contributed by atoms with E-state index in [1.165, 1.54) is 23.5 Å². The summed E-state index contributed by atoms with van der Waals surface area (Å²) in [6, 6.07) is 7.78. The lowest BCUT2D eigenvalue weighted by Gasteiger charge is -2.38. The van der Waals surface area contributed by atoms with Crippen LogP contribution in [0.1, 0.15) is 12.5 Å². The first kappa shape index (κ1) is 19.0. The minimum absolute atomic E-state index is 0.0725. The molecule has 0 unspecified atom stereocenters. The molecule has 0 aliphatic heterocycles. The number of amides is 1. The van der Waals surface area contributed by atoms with Crippen molar-refractivity contribution >= 4 is 22.4 Å². The Bertz CT molecular complexity index is 783. The van der Waals surface area contributed by atoms with Gasteiger partial charge in [0, 0.05) is 17.9 Å². The van der Waals surface area contributed by atoms with E-state index >= 15 is 0 Å². The smallest absolute Gasteiger partial charge is 0.325 e.